The lowest BCUT2D eigenvalue weighted by molar-refractivity contribution is 0.234. The summed E-state index contributed by atoms with van der Waals surface area (Å²) >= 11 is 0. The van der Waals surface area contributed by atoms with Gasteiger partial charge in [-0.2, -0.15) is 0 Å². The van der Waals surface area contributed by atoms with Gasteiger partial charge in [-0.3, -0.25) is 4.98 Å². The largest absolute Gasteiger partial charge is 0.480 e. The van der Waals surface area contributed by atoms with Crippen molar-refractivity contribution in [2.24, 2.45) is 5.92 Å². The molecule has 1 heterocycles. The topological polar surface area (TPSA) is 55.2 Å². The second kappa shape index (κ2) is 4.77. The quantitative estimate of drug-likeness (QED) is 0.743. The van der Waals surface area contributed by atoms with Gasteiger partial charge in [0.05, 0.1) is 7.11 Å². The average molecular weight is 182 g/mol. The van der Waals surface area contributed by atoms with Crippen LogP contribution in [0.1, 0.15) is 12.6 Å². The third-order valence-corrected chi connectivity index (χ3v) is 1.78. The van der Waals surface area contributed by atoms with Gasteiger partial charge in [0, 0.05) is 19.0 Å². The Labute approximate surface area is 77.6 Å². The first-order chi connectivity index (χ1) is 6.27. The third-order valence-electron chi connectivity index (χ3n) is 1.78. The molecule has 0 aliphatic heterocycles. The highest BCUT2D eigenvalue weighted by Gasteiger charge is 2.08. The molecule has 0 bridgehead atoms. The molecule has 4 heteroatoms. The molecule has 0 fully saturated rings. The third kappa shape index (κ3) is 2.66. The van der Waals surface area contributed by atoms with Gasteiger partial charge in [-0.25, -0.2) is 4.98 Å². The Morgan fingerprint density at radius 3 is 2.77 bits per heavy atom. The molecule has 0 spiro atoms. The first kappa shape index (κ1) is 9.92. The summed E-state index contributed by atoms with van der Waals surface area (Å²) in [5.41, 5.74) is 0.798. The molecule has 0 aliphatic rings. The van der Waals surface area contributed by atoms with Crippen molar-refractivity contribution in [3.8, 4) is 5.88 Å². The van der Waals surface area contributed by atoms with E-state index in [2.05, 4.69) is 9.97 Å². The number of methoxy groups -OCH3 is 1. The predicted octanol–water partition coefficient (Wildman–Crippen LogP) is 0.656. The molecular formula is C9H14N2O2. The lowest BCUT2D eigenvalue weighted by Gasteiger charge is -2.08. The van der Waals surface area contributed by atoms with Crippen LogP contribution in [0.5, 0.6) is 5.88 Å². The Kier molecular flexibility index (Phi) is 3.64. The monoisotopic (exact) mass is 182 g/mol. The molecule has 1 aromatic rings. The Morgan fingerprint density at radius 1 is 1.46 bits per heavy atom. The minimum atomic E-state index is 0.153. The molecule has 0 aliphatic carbocycles. The molecule has 0 amide bonds. The number of ether oxygens (including phenoxy) is 1. The van der Waals surface area contributed by atoms with Crippen LogP contribution in [-0.4, -0.2) is 28.8 Å². The molecule has 4 nitrogen and oxygen atoms in total. The molecule has 1 atom stereocenters. The second-order valence-electron chi connectivity index (χ2n) is 3.00. The molecule has 13 heavy (non-hydrogen) atoms. The Morgan fingerprint density at radius 2 is 2.15 bits per heavy atom. The number of hydrogen-bond donors (Lipinski definition) is 1. The lowest BCUT2D eigenvalue weighted by atomic mass is 10.1. The molecule has 1 aromatic heterocycles. The molecule has 0 saturated heterocycles. The Hall–Kier alpha value is -1.16. The van der Waals surface area contributed by atoms with Crippen LogP contribution < -0.4 is 4.74 Å². The van der Waals surface area contributed by atoms with Crippen molar-refractivity contribution < 1.29 is 9.84 Å². The van der Waals surface area contributed by atoms with Gasteiger partial charge < -0.3 is 9.84 Å². The van der Waals surface area contributed by atoms with E-state index in [4.69, 9.17) is 9.84 Å². The van der Waals surface area contributed by atoms with Gasteiger partial charge in [0.25, 0.3) is 0 Å². The molecule has 1 unspecified atom stereocenters. The van der Waals surface area contributed by atoms with Crippen LogP contribution in [0, 0.1) is 5.92 Å². The average Bonchev–Trinajstić information content (AvgIpc) is 2.18. The minimum absolute atomic E-state index is 0.153. The first-order valence-corrected chi connectivity index (χ1v) is 4.22. The van der Waals surface area contributed by atoms with Crippen molar-refractivity contribution in [1.82, 2.24) is 9.97 Å². The van der Waals surface area contributed by atoms with Crippen molar-refractivity contribution in [2.75, 3.05) is 13.7 Å². The number of aromatic nitrogens is 2. The van der Waals surface area contributed by atoms with Gasteiger partial charge in [0.15, 0.2) is 0 Å². The highest BCUT2D eigenvalue weighted by molar-refractivity contribution is 5.17. The van der Waals surface area contributed by atoms with Gasteiger partial charge in [0.2, 0.25) is 5.88 Å². The van der Waals surface area contributed by atoms with Crippen molar-refractivity contribution >= 4 is 0 Å². The molecule has 0 aromatic carbocycles. The summed E-state index contributed by atoms with van der Waals surface area (Å²) in [4.78, 5) is 8.16. The van der Waals surface area contributed by atoms with E-state index in [0.717, 1.165) is 5.69 Å². The van der Waals surface area contributed by atoms with Gasteiger partial charge in [0.1, 0.15) is 5.69 Å². The fourth-order valence-corrected chi connectivity index (χ4v) is 1.06. The summed E-state index contributed by atoms with van der Waals surface area (Å²) in [6.07, 6.45) is 3.90. The fourth-order valence-electron chi connectivity index (χ4n) is 1.06. The maximum atomic E-state index is 8.87. The molecule has 1 rings (SSSR count). The van der Waals surface area contributed by atoms with Gasteiger partial charge in [-0.05, 0) is 12.3 Å². The van der Waals surface area contributed by atoms with E-state index in [-0.39, 0.29) is 12.5 Å². The molecule has 0 saturated carbocycles. The number of aliphatic hydroxyl groups excluding tert-OH is 1. The Balaban J connectivity index is 2.74. The number of nitrogens with zero attached hydrogens (tertiary/aromatic N) is 2. The molecule has 0 radical (unpaired) electrons. The van der Waals surface area contributed by atoms with E-state index in [9.17, 15) is 0 Å². The maximum absolute atomic E-state index is 8.87. The van der Waals surface area contributed by atoms with Gasteiger partial charge in [-0.15, -0.1) is 0 Å². The highest BCUT2D eigenvalue weighted by Crippen LogP contribution is 2.14. The van der Waals surface area contributed by atoms with E-state index in [0.29, 0.717) is 12.3 Å². The zero-order chi connectivity index (χ0) is 9.68. The fraction of sp³-hybridized carbons (Fsp3) is 0.556. The summed E-state index contributed by atoms with van der Waals surface area (Å²) < 4.78 is 5.04. The summed E-state index contributed by atoms with van der Waals surface area (Å²) in [5.74, 6) is 0.730. The van der Waals surface area contributed by atoms with E-state index >= 15 is 0 Å². The van der Waals surface area contributed by atoms with Crippen LogP contribution in [0.3, 0.4) is 0 Å². The van der Waals surface area contributed by atoms with Gasteiger partial charge in [-0.1, -0.05) is 6.92 Å². The van der Waals surface area contributed by atoms with Crippen LogP contribution >= 0.6 is 0 Å². The Bertz CT molecular complexity index is 266. The van der Waals surface area contributed by atoms with E-state index in [1.807, 2.05) is 6.92 Å². The zero-order valence-corrected chi connectivity index (χ0v) is 7.90. The van der Waals surface area contributed by atoms with Crippen molar-refractivity contribution in [2.45, 2.75) is 13.3 Å². The molecular weight excluding hydrogens is 168 g/mol. The van der Waals surface area contributed by atoms with Crippen molar-refractivity contribution in [3.63, 3.8) is 0 Å². The number of rotatable bonds is 4. The van der Waals surface area contributed by atoms with Crippen molar-refractivity contribution in [1.29, 1.82) is 0 Å². The van der Waals surface area contributed by atoms with Crippen LogP contribution in [0.2, 0.25) is 0 Å². The zero-order valence-electron chi connectivity index (χ0n) is 7.90. The second-order valence-corrected chi connectivity index (χ2v) is 3.00. The van der Waals surface area contributed by atoms with E-state index in [1.54, 1.807) is 19.5 Å². The SMILES string of the molecule is COc1nccnc1CC(C)CO. The predicted molar refractivity (Wildman–Crippen MR) is 48.5 cm³/mol. The lowest BCUT2D eigenvalue weighted by Crippen LogP contribution is -2.08. The summed E-state index contributed by atoms with van der Waals surface area (Å²) in [6, 6.07) is 0. The van der Waals surface area contributed by atoms with Crippen LogP contribution in [-0.2, 0) is 6.42 Å². The maximum Gasteiger partial charge on any atom is 0.235 e. The first-order valence-electron chi connectivity index (χ1n) is 4.22. The summed E-state index contributed by atoms with van der Waals surface area (Å²) in [5, 5.41) is 8.87. The molecule has 72 valence electrons. The standard InChI is InChI=1S/C9H14N2O2/c1-7(6-12)5-8-9(13-2)11-4-3-10-8/h3-4,7,12H,5-6H2,1-2H3. The smallest absolute Gasteiger partial charge is 0.235 e. The summed E-state index contributed by atoms with van der Waals surface area (Å²) in [6.45, 7) is 2.11. The summed E-state index contributed by atoms with van der Waals surface area (Å²) in [7, 11) is 1.57. The van der Waals surface area contributed by atoms with E-state index < -0.39 is 0 Å². The van der Waals surface area contributed by atoms with E-state index in [1.165, 1.54) is 0 Å². The number of aliphatic hydroxyl groups is 1. The number of hydrogen-bond acceptors (Lipinski definition) is 4. The molecule has 1 N–H and O–H groups in total. The highest BCUT2D eigenvalue weighted by atomic mass is 16.5. The van der Waals surface area contributed by atoms with Crippen LogP contribution in [0.4, 0.5) is 0 Å². The van der Waals surface area contributed by atoms with Crippen molar-refractivity contribution in [3.05, 3.63) is 18.1 Å². The minimum Gasteiger partial charge on any atom is -0.480 e. The van der Waals surface area contributed by atoms with Gasteiger partial charge >= 0.3 is 0 Å². The normalized spacial score (nSPS) is 12.5. The van der Waals surface area contributed by atoms with Crippen LogP contribution in [0.25, 0.3) is 0 Å². The van der Waals surface area contributed by atoms with Crippen LogP contribution in [0.15, 0.2) is 12.4 Å².